The Morgan fingerprint density at radius 2 is 2.11 bits per heavy atom. The minimum absolute atomic E-state index is 0.204. The minimum atomic E-state index is 0.204. The molecule has 2 aromatic rings. The topological polar surface area (TPSA) is 30.7 Å². The van der Waals surface area contributed by atoms with Crippen molar-refractivity contribution < 1.29 is 0 Å². The van der Waals surface area contributed by atoms with Crippen molar-refractivity contribution in [3.8, 4) is 0 Å². The van der Waals surface area contributed by atoms with Crippen molar-refractivity contribution in [2.24, 2.45) is 5.41 Å². The molecule has 5 heteroatoms. The Labute approximate surface area is 123 Å². The molecule has 0 aliphatic rings. The predicted molar refractivity (Wildman–Crippen MR) is 81.0 cm³/mol. The van der Waals surface area contributed by atoms with Gasteiger partial charge >= 0.3 is 0 Å². The number of imidazole rings is 1. The molecule has 2 aromatic heterocycles. The number of nitrogens with zero attached hydrogens (tertiary/aromatic N) is 3. The zero-order valence-electron chi connectivity index (χ0n) is 11.6. The van der Waals surface area contributed by atoms with Gasteiger partial charge in [-0.2, -0.15) is 0 Å². The highest BCUT2D eigenvalue weighted by Gasteiger charge is 2.20. The highest BCUT2D eigenvalue weighted by atomic mass is 35.5. The summed E-state index contributed by atoms with van der Waals surface area (Å²) in [5.41, 5.74) is 1.95. The van der Waals surface area contributed by atoms with Crippen LogP contribution in [0.15, 0.2) is 12.3 Å². The zero-order valence-corrected chi connectivity index (χ0v) is 13.1. The van der Waals surface area contributed by atoms with Crippen LogP contribution in [0.4, 0.5) is 0 Å². The first-order valence-electron chi connectivity index (χ1n) is 6.53. The lowest BCUT2D eigenvalue weighted by molar-refractivity contribution is 0.294. The fourth-order valence-electron chi connectivity index (χ4n) is 2.01. The van der Waals surface area contributed by atoms with Crippen LogP contribution in [0.1, 0.15) is 33.0 Å². The smallest absolute Gasteiger partial charge is 0.160 e. The summed E-state index contributed by atoms with van der Waals surface area (Å²) in [5, 5.41) is 0.615. The molecule has 0 radical (unpaired) electrons. The molecule has 2 heterocycles. The van der Waals surface area contributed by atoms with Gasteiger partial charge in [-0.15, -0.1) is 11.6 Å². The lowest BCUT2D eigenvalue weighted by atomic mass is 9.90. The Kier molecular flexibility index (Phi) is 4.36. The third-order valence-electron chi connectivity index (χ3n) is 3.49. The highest BCUT2D eigenvalue weighted by Crippen LogP contribution is 2.26. The van der Waals surface area contributed by atoms with E-state index in [1.54, 1.807) is 6.20 Å². The number of hydrogen-bond acceptors (Lipinski definition) is 2. The predicted octanol–water partition coefficient (Wildman–Crippen LogP) is 4.30. The number of fused-ring (bicyclic) bond motifs is 1. The molecule has 2 rings (SSSR count). The molecule has 0 unspecified atom stereocenters. The van der Waals surface area contributed by atoms with Crippen LogP contribution in [0.3, 0.4) is 0 Å². The molecular formula is C14H19Cl2N3. The van der Waals surface area contributed by atoms with Crippen molar-refractivity contribution in [2.45, 2.75) is 40.2 Å². The van der Waals surface area contributed by atoms with Crippen LogP contribution in [0.5, 0.6) is 0 Å². The average Bonchev–Trinajstić information content (AvgIpc) is 2.67. The molecular weight excluding hydrogens is 281 g/mol. The van der Waals surface area contributed by atoms with Crippen molar-refractivity contribution in [1.29, 1.82) is 0 Å². The van der Waals surface area contributed by atoms with E-state index in [9.17, 15) is 0 Å². The number of hydrogen-bond donors (Lipinski definition) is 0. The summed E-state index contributed by atoms with van der Waals surface area (Å²) in [6.45, 7) is 7.59. The van der Waals surface area contributed by atoms with Gasteiger partial charge < -0.3 is 4.57 Å². The maximum atomic E-state index is 5.98. The second-order valence-corrected chi connectivity index (χ2v) is 6.38. The second kappa shape index (κ2) is 5.68. The molecule has 0 aliphatic heterocycles. The molecule has 0 N–H and O–H groups in total. The van der Waals surface area contributed by atoms with Gasteiger partial charge in [0.25, 0.3) is 0 Å². The van der Waals surface area contributed by atoms with E-state index in [1.165, 1.54) is 0 Å². The SMILES string of the molecule is CCC(C)(C)Cn1c(CCCl)nc2cc(Cl)cnc21. The van der Waals surface area contributed by atoms with Crippen molar-refractivity contribution in [3.05, 3.63) is 23.1 Å². The van der Waals surface area contributed by atoms with Crippen LogP contribution >= 0.6 is 23.2 Å². The molecule has 3 nitrogen and oxygen atoms in total. The fourth-order valence-corrected chi connectivity index (χ4v) is 2.34. The van der Waals surface area contributed by atoms with E-state index in [4.69, 9.17) is 23.2 Å². The van der Waals surface area contributed by atoms with E-state index in [2.05, 4.69) is 35.3 Å². The number of aromatic nitrogens is 3. The number of rotatable bonds is 5. The molecule has 0 saturated heterocycles. The van der Waals surface area contributed by atoms with Gasteiger partial charge in [-0.1, -0.05) is 32.4 Å². The monoisotopic (exact) mass is 299 g/mol. The first-order valence-corrected chi connectivity index (χ1v) is 7.44. The Morgan fingerprint density at radius 3 is 2.74 bits per heavy atom. The third-order valence-corrected chi connectivity index (χ3v) is 3.89. The Bertz CT molecular complexity index is 575. The summed E-state index contributed by atoms with van der Waals surface area (Å²) in [6, 6.07) is 1.86. The van der Waals surface area contributed by atoms with E-state index in [1.807, 2.05) is 6.07 Å². The van der Waals surface area contributed by atoms with Crippen molar-refractivity contribution in [2.75, 3.05) is 5.88 Å². The van der Waals surface area contributed by atoms with Crippen LogP contribution in [-0.2, 0) is 13.0 Å². The van der Waals surface area contributed by atoms with Gasteiger partial charge in [0.15, 0.2) is 5.65 Å². The van der Waals surface area contributed by atoms with Gasteiger partial charge in [-0.05, 0) is 17.9 Å². The number of aryl methyl sites for hydroxylation is 1. The summed E-state index contributed by atoms with van der Waals surface area (Å²) in [6.07, 6.45) is 3.52. The Balaban J connectivity index is 2.52. The van der Waals surface area contributed by atoms with Crippen LogP contribution in [0.2, 0.25) is 5.02 Å². The largest absolute Gasteiger partial charge is 0.312 e. The van der Waals surface area contributed by atoms with E-state index >= 15 is 0 Å². The van der Waals surface area contributed by atoms with Crippen LogP contribution in [0.25, 0.3) is 11.2 Å². The molecule has 0 bridgehead atoms. The quantitative estimate of drug-likeness (QED) is 0.771. The average molecular weight is 300 g/mol. The van der Waals surface area contributed by atoms with Crippen molar-refractivity contribution in [3.63, 3.8) is 0 Å². The lowest BCUT2D eigenvalue weighted by Crippen LogP contribution is -2.20. The maximum Gasteiger partial charge on any atom is 0.160 e. The number of halogens is 2. The summed E-state index contributed by atoms with van der Waals surface area (Å²) < 4.78 is 2.18. The normalized spacial score (nSPS) is 12.3. The molecule has 0 amide bonds. The van der Waals surface area contributed by atoms with E-state index in [-0.39, 0.29) is 5.41 Å². The molecule has 0 saturated carbocycles. The summed E-state index contributed by atoms with van der Waals surface area (Å²) in [7, 11) is 0. The molecule has 104 valence electrons. The maximum absolute atomic E-state index is 5.98. The summed E-state index contributed by atoms with van der Waals surface area (Å²) in [4.78, 5) is 9.04. The van der Waals surface area contributed by atoms with Gasteiger partial charge in [0.1, 0.15) is 11.3 Å². The molecule has 0 aromatic carbocycles. The summed E-state index contributed by atoms with van der Waals surface area (Å²) in [5.74, 6) is 1.55. The van der Waals surface area contributed by atoms with Crippen molar-refractivity contribution >= 4 is 34.4 Å². The number of alkyl halides is 1. The van der Waals surface area contributed by atoms with E-state index in [0.29, 0.717) is 10.9 Å². The van der Waals surface area contributed by atoms with Gasteiger partial charge in [0.2, 0.25) is 0 Å². The second-order valence-electron chi connectivity index (χ2n) is 5.57. The molecule has 0 spiro atoms. The highest BCUT2D eigenvalue weighted by molar-refractivity contribution is 6.31. The first-order chi connectivity index (χ1) is 8.96. The van der Waals surface area contributed by atoms with E-state index in [0.717, 1.165) is 36.4 Å². The molecule has 0 aliphatic carbocycles. The molecule has 19 heavy (non-hydrogen) atoms. The van der Waals surface area contributed by atoms with Crippen LogP contribution < -0.4 is 0 Å². The van der Waals surface area contributed by atoms with Crippen LogP contribution in [0, 0.1) is 5.41 Å². The summed E-state index contributed by atoms with van der Waals surface area (Å²) >= 11 is 11.9. The van der Waals surface area contributed by atoms with Gasteiger partial charge in [0.05, 0.1) is 5.02 Å². The Morgan fingerprint density at radius 1 is 1.37 bits per heavy atom. The lowest BCUT2D eigenvalue weighted by Gasteiger charge is -2.24. The molecule has 0 fully saturated rings. The Hall–Kier alpha value is -0.800. The third kappa shape index (κ3) is 3.21. The van der Waals surface area contributed by atoms with Crippen molar-refractivity contribution in [1.82, 2.24) is 14.5 Å². The molecule has 0 atom stereocenters. The van der Waals surface area contributed by atoms with Crippen LogP contribution in [-0.4, -0.2) is 20.4 Å². The minimum Gasteiger partial charge on any atom is -0.312 e. The van der Waals surface area contributed by atoms with E-state index < -0.39 is 0 Å². The van der Waals surface area contributed by atoms with Gasteiger partial charge in [-0.25, -0.2) is 9.97 Å². The number of pyridine rings is 1. The van der Waals surface area contributed by atoms with Gasteiger partial charge in [-0.3, -0.25) is 0 Å². The standard InChI is InChI=1S/C14H19Cl2N3/c1-4-14(2,3)9-19-12(5-6-15)18-11-7-10(16)8-17-13(11)19/h7-8H,4-6,9H2,1-3H3. The van der Waals surface area contributed by atoms with Gasteiger partial charge in [0, 0.05) is 25.0 Å². The zero-order chi connectivity index (χ0) is 14.0. The fraction of sp³-hybridized carbons (Fsp3) is 0.571. The first kappa shape index (κ1) is 14.6.